The molecule has 1 heterocycles. The largest absolute Gasteiger partial charge is 0.375 e. The fraction of sp³-hybridized carbons (Fsp3) is 0.533. The molecule has 112 valence electrons. The lowest BCUT2D eigenvalue weighted by Crippen LogP contribution is -2.41. The first-order chi connectivity index (χ1) is 9.36. The third-order valence-electron chi connectivity index (χ3n) is 3.32. The molecule has 1 fully saturated rings. The molecule has 1 aliphatic heterocycles. The molecule has 0 aliphatic carbocycles. The fourth-order valence-electron chi connectivity index (χ4n) is 2.23. The predicted octanol–water partition coefficient (Wildman–Crippen LogP) is 1.74. The minimum atomic E-state index is 0. The first-order valence-corrected chi connectivity index (χ1v) is 6.96. The molecule has 0 radical (unpaired) electrons. The quantitative estimate of drug-likeness (QED) is 0.787. The van der Waals surface area contributed by atoms with Crippen molar-refractivity contribution in [1.82, 2.24) is 10.6 Å². The van der Waals surface area contributed by atoms with E-state index in [9.17, 15) is 4.79 Å². The van der Waals surface area contributed by atoms with Crippen molar-refractivity contribution < 1.29 is 9.53 Å². The van der Waals surface area contributed by atoms with E-state index in [2.05, 4.69) is 10.6 Å². The number of ether oxygens (including phenoxy) is 1. The molecule has 1 aromatic rings. The molecule has 1 aromatic carbocycles. The van der Waals surface area contributed by atoms with Crippen LogP contribution in [0.2, 0.25) is 0 Å². The normalized spacial score (nSPS) is 18.1. The van der Waals surface area contributed by atoms with Crippen LogP contribution in [0.15, 0.2) is 30.3 Å². The van der Waals surface area contributed by atoms with Gasteiger partial charge in [-0.25, -0.2) is 0 Å². The molecule has 4 nitrogen and oxygen atoms in total. The highest BCUT2D eigenvalue weighted by molar-refractivity contribution is 5.85. The Labute approximate surface area is 126 Å². The average Bonchev–Trinajstić information content (AvgIpc) is 2.49. The summed E-state index contributed by atoms with van der Waals surface area (Å²) >= 11 is 0. The van der Waals surface area contributed by atoms with Gasteiger partial charge in [-0.3, -0.25) is 4.79 Å². The maximum Gasteiger partial charge on any atom is 0.224 e. The summed E-state index contributed by atoms with van der Waals surface area (Å²) < 4.78 is 5.53. The Balaban J connectivity index is 0.00000200. The van der Waals surface area contributed by atoms with Crippen LogP contribution in [0.25, 0.3) is 0 Å². The maximum atomic E-state index is 11.8. The highest BCUT2D eigenvalue weighted by Crippen LogP contribution is 2.09. The number of hydrogen-bond acceptors (Lipinski definition) is 3. The van der Waals surface area contributed by atoms with Gasteiger partial charge in [0.05, 0.1) is 19.1 Å². The van der Waals surface area contributed by atoms with E-state index in [-0.39, 0.29) is 24.2 Å². The van der Waals surface area contributed by atoms with Crippen molar-refractivity contribution >= 4 is 18.3 Å². The van der Waals surface area contributed by atoms with Crippen LogP contribution in [0.1, 0.15) is 18.4 Å². The van der Waals surface area contributed by atoms with Crippen molar-refractivity contribution in [2.45, 2.75) is 19.4 Å². The van der Waals surface area contributed by atoms with Gasteiger partial charge in [-0.1, -0.05) is 30.3 Å². The first-order valence-electron chi connectivity index (χ1n) is 6.96. The fourth-order valence-corrected chi connectivity index (χ4v) is 2.23. The monoisotopic (exact) mass is 298 g/mol. The Bertz CT molecular complexity index is 381. The average molecular weight is 299 g/mol. The van der Waals surface area contributed by atoms with E-state index in [0.717, 1.165) is 31.5 Å². The molecular formula is C15H23ClN2O2. The number of piperidine rings is 1. The molecule has 1 saturated heterocycles. The number of amides is 1. The second-order valence-electron chi connectivity index (χ2n) is 4.87. The summed E-state index contributed by atoms with van der Waals surface area (Å²) in [5, 5.41) is 6.18. The summed E-state index contributed by atoms with van der Waals surface area (Å²) in [7, 11) is 0. The third-order valence-corrected chi connectivity index (χ3v) is 3.32. The zero-order chi connectivity index (χ0) is 13.3. The van der Waals surface area contributed by atoms with Gasteiger partial charge in [0.2, 0.25) is 5.91 Å². The molecule has 2 rings (SSSR count). The molecule has 0 bridgehead atoms. The van der Waals surface area contributed by atoms with Gasteiger partial charge in [0.1, 0.15) is 0 Å². The highest BCUT2D eigenvalue weighted by Gasteiger charge is 2.19. The molecule has 5 heteroatoms. The minimum absolute atomic E-state index is 0. The summed E-state index contributed by atoms with van der Waals surface area (Å²) in [5.74, 6) is 0.276. The van der Waals surface area contributed by atoms with Crippen molar-refractivity contribution in [3.8, 4) is 0 Å². The molecule has 1 atom stereocenters. The Kier molecular flexibility index (Phi) is 8.26. The molecule has 2 N–H and O–H groups in total. The van der Waals surface area contributed by atoms with E-state index in [0.29, 0.717) is 19.8 Å². The van der Waals surface area contributed by atoms with Crippen molar-refractivity contribution in [2.75, 3.05) is 26.2 Å². The molecule has 20 heavy (non-hydrogen) atoms. The van der Waals surface area contributed by atoms with Crippen LogP contribution < -0.4 is 10.6 Å². The van der Waals surface area contributed by atoms with Gasteiger partial charge in [-0.15, -0.1) is 12.4 Å². The summed E-state index contributed by atoms with van der Waals surface area (Å²) in [6.07, 6.45) is 2.08. The molecule has 0 aromatic heterocycles. The van der Waals surface area contributed by atoms with Crippen molar-refractivity contribution in [2.24, 2.45) is 5.92 Å². The summed E-state index contributed by atoms with van der Waals surface area (Å²) in [6.45, 7) is 3.57. The van der Waals surface area contributed by atoms with Gasteiger partial charge in [0, 0.05) is 13.1 Å². The van der Waals surface area contributed by atoms with E-state index in [1.165, 1.54) is 0 Å². The second-order valence-corrected chi connectivity index (χ2v) is 4.87. The summed E-state index contributed by atoms with van der Waals surface area (Å²) in [5.41, 5.74) is 1.16. The first kappa shape index (κ1) is 17.0. The number of halogens is 1. The zero-order valence-corrected chi connectivity index (χ0v) is 12.5. The van der Waals surface area contributed by atoms with Gasteiger partial charge in [0.25, 0.3) is 0 Å². The molecule has 0 saturated carbocycles. The van der Waals surface area contributed by atoms with E-state index in [1.807, 2.05) is 30.3 Å². The summed E-state index contributed by atoms with van der Waals surface area (Å²) in [6, 6.07) is 10.0. The lowest BCUT2D eigenvalue weighted by molar-refractivity contribution is -0.125. The van der Waals surface area contributed by atoms with E-state index in [1.54, 1.807) is 0 Å². The van der Waals surface area contributed by atoms with Crippen LogP contribution in [0.3, 0.4) is 0 Å². The third kappa shape index (κ3) is 5.90. The molecule has 1 aliphatic rings. The van der Waals surface area contributed by atoms with Gasteiger partial charge >= 0.3 is 0 Å². The lowest BCUT2D eigenvalue weighted by atomic mass is 9.99. The van der Waals surface area contributed by atoms with E-state index < -0.39 is 0 Å². The number of hydrogen-bond donors (Lipinski definition) is 2. The lowest BCUT2D eigenvalue weighted by Gasteiger charge is -2.21. The van der Waals surface area contributed by atoms with Gasteiger partial charge in [0.15, 0.2) is 0 Å². The van der Waals surface area contributed by atoms with Crippen LogP contribution in [-0.4, -0.2) is 32.1 Å². The van der Waals surface area contributed by atoms with Gasteiger partial charge < -0.3 is 15.4 Å². The number of rotatable bonds is 6. The van der Waals surface area contributed by atoms with Crippen LogP contribution >= 0.6 is 12.4 Å². The SMILES string of the molecule is Cl.O=C(NCCOCc1ccccc1)C1CCCNC1. The van der Waals surface area contributed by atoms with Crippen molar-refractivity contribution in [3.05, 3.63) is 35.9 Å². The van der Waals surface area contributed by atoms with E-state index >= 15 is 0 Å². The maximum absolute atomic E-state index is 11.8. The second kappa shape index (κ2) is 9.75. The van der Waals surface area contributed by atoms with Crippen LogP contribution in [0, 0.1) is 5.92 Å². The van der Waals surface area contributed by atoms with Gasteiger partial charge in [-0.05, 0) is 24.9 Å². The number of carbonyl (C=O) groups excluding carboxylic acids is 1. The molecule has 0 spiro atoms. The number of benzene rings is 1. The molecule has 1 unspecified atom stereocenters. The Morgan fingerprint density at radius 2 is 2.15 bits per heavy atom. The minimum Gasteiger partial charge on any atom is -0.375 e. The smallest absolute Gasteiger partial charge is 0.224 e. The van der Waals surface area contributed by atoms with E-state index in [4.69, 9.17) is 4.74 Å². The number of carbonyl (C=O) groups is 1. The standard InChI is InChI=1S/C15H22N2O2.ClH/c18-15(14-7-4-8-16-11-14)17-9-10-19-12-13-5-2-1-3-6-13;/h1-3,5-6,14,16H,4,7-12H2,(H,17,18);1H. The topological polar surface area (TPSA) is 50.4 Å². The van der Waals surface area contributed by atoms with Crippen molar-refractivity contribution in [3.63, 3.8) is 0 Å². The summed E-state index contributed by atoms with van der Waals surface area (Å²) in [4.78, 5) is 11.8. The Morgan fingerprint density at radius 1 is 1.35 bits per heavy atom. The highest BCUT2D eigenvalue weighted by atomic mass is 35.5. The Morgan fingerprint density at radius 3 is 2.85 bits per heavy atom. The van der Waals surface area contributed by atoms with Crippen LogP contribution in [0.5, 0.6) is 0 Å². The Hall–Kier alpha value is -1.10. The molecular weight excluding hydrogens is 276 g/mol. The molecule has 1 amide bonds. The predicted molar refractivity (Wildman–Crippen MR) is 81.9 cm³/mol. The van der Waals surface area contributed by atoms with Crippen LogP contribution in [-0.2, 0) is 16.1 Å². The van der Waals surface area contributed by atoms with Crippen molar-refractivity contribution in [1.29, 1.82) is 0 Å². The number of nitrogens with one attached hydrogen (secondary N) is 2. The van der Waals surface area contributed by atoms with Crippen LogP contribution in [0.4, 0.5) is 0 Å². The zero-order valence-electron chi connectivity index (χ0n) is 11.6. The van der Waals surface area contributed by atoms with Gasteiger partial charge in [-0.2, -0.15) is 0 Å².